The van der Waals surface area contributed by atoms with Crippen molar-refractivity contribution < 1.29 is 19.1 Å². The summed E-state index contributed by atoms with van der Waals surface area (Å²) in [4.78, 5) is 32.1. The quantitative estimate of drug-likeness (QED) is 0.557. The van der Waals surface area contributed by atoms with Crippen LogP contribution in [-0.4, -0.2) is 59.6 Å². The van der Waals surface area contributed by atoms with Crippen LogP contribution < -0.4 is 15.0 Å². The van der Waals surface area contributed by atoms with Crippen LogP contribution >= 0.6 is 0 Å². The Kier molecular flexibility index (Phi) is 7.19. The molecule has 4 heterocycles. The predicted octanol–water partition coefficient (Wildman–Crippen LogP) is 2.94. The molecule has 0 radical (unpaired) electrons. The van der Waals surface area contributed by atoms with Gasteiger partial charge in [0.15, 0.2) is 0 Å². The molecule has 5 rings (SSSR count). The molecule has 1 unspecified atom stereocenters. The molecular weight excluding hydrogens is 470 g/mol. The van der Waals surface area contributed by atoms with Crippen molar-refractivity contribution in [2.75, 3.05) is 31.8 Å². The second kappa shape index (κ2) is 10.8. The summed E-state index contributed by atoms with van der Waals surface area (Å²) in [6.45, 7) is 3.43. The highest BCUT2D eigenvalue weighted by Crippen LogP contribution is 2.31. The van der Waals surface area contributed by atoms with Gasteiger partial charge in [0.2, 0.25) is 0 Å². The van der Waals surface area contributed by atoms with E-state index in [1.165, 1.54) is 9.58 Å². The van der Waals surface area contributed by atoms with Crippen LogP contribution in [0, 0.1) is 24.7 Å². The number of nitrogens with zero attached hydrogens (tertiary/aromatic N) is 4. The standard InChI is InChI=1S/C28H29N5O4/c1-19-4-3-5-23(30-19)14-22-16-29-33(17-22)28(35)31-24-18-37-26-9-8-21(15-25(26)32(2)27(24)34)7-6-20-10-12-36-13-11-20/h3-5,8-9,15-17,20,24H,10-14,18H2,1-2H3,(H,31,35). The number of amides is 2. The molecule has 3 aromatic rings. The molecule has 1 atom stereocenters. The van der Waals surface area contributed by atoms with Crippen molar-refractivity contribution in [1.82, 2.24) is 20.1 Å². The van der Waals surface area contributed by atoms with Crippen molar-refractivity contribution in [1.29, 1.82) is 0 Å². The summed E-state index contributed by atoms with van der Waals surface area (Å²) in [7, 11) is 1.67. The lowest BCUT2D eigenvalue weighted by Crippen LogP contribution is -2.50. The maximum absolute atomic E-state index is 13.2. The SMILES string of the molecule is Cc1cccc(Cc2cnn(C(=O)NC3COc4ccc(C#CC5CCOCC5)cc4N(C)C3=O)c2)n1. The Morgan fingerprint density at radius 1 is 1.22 bits per heavy atom. The van der Waals surface area contributed by atoms with Gasteiger partial charge in [-0.3, -0.25) is 9.78 Å². The fraction of sp³-hybridized carbons (Fsp3) is 0.357. The Balaban J connectivity index is 1.25. The lowest BCUT2D eigenvalue weighted by atomic mass is 10.0. The Morgan fingerprint density at radius 2 is 2.05 bits per heavy atom. The van der Waals surface area contributed by atoms with E-state index in [-0.39, 0.29) is 12.5 Å². The third-order valence-corrected chi connectivity index (χ3v) is 6.47. The number of rotatable bonds is 3. The molecule has 0 aliphatic carbocycles. The number of fused-ring (bicyclic) bond motifs is 1. The van der Waals surface area contributed by atoms with Gasteiger partial charge in [-0.25, -0.2) is 4.79 Å². The van der Waals surface area contributed by atoms with Crippen LogP contribution in [0.15, 0.2) is 48.8 Å². The number of aryl methyl sites for hydroxylation is 1. The molecule has 1 fully saturated rings. The molecular formula is C28H29N5O4. The Bertz CT molecular complexity index is 1370. The summed E-state index contributed by atoms with van der Waals surface area (Å²) in [5, 5.41) is 6.91. The van der Waals surface area contributed by atoms with Gasteiger partial charge in [-0.2, -0.15) is 9.78 Å². The van der Waals surface area contributed by atoms with Crippen LogP contribution in [-0.2, 0) is 16.0 Å². The highest BCUT2D eigenvalue weighted by atomic mass is 16.5. The molecule has 0 bridgehead atoms. The summed E-state index contributed by atoms with van der Waals surface area (Å²) in [6.07, 6.45) is 5.68. The second-order valence-corrected chi connectivity index (χ2v) is 9.29. The average Bonchev–Trinajstić information content (AvgIpc) is 3.34. The molecule has 9 nitrogen and oxygen atoms in total. The zero-order valence-electron chi connectivity index (χ0n) is 20.9. The fourth-order valence-electron chi connectivity index (χ4n) is 4.39. The number of hydrogen-bond acceptors (Lipinski definition) is 6. The van der Waals surface area contributed by atoms with E-state index in [0.29, 0.717) is 23.8 Å². The number of likely N-dealkylation sites (N-methyl/N-ethyl adjacent to an activating group) is 1. The summed E-state index contributed by atoms with van der Waals surface area (Å²) in [5.74, 6) is 7.14. The van der Waals surface area contributed by atoms with Gasteiger partial charge < -0.3 is 19.7 Å². The van der Waals surface area contributed by atoms with Crippen molar-refractivity contribution in [3.63, 3.8) is 0 Å². The van der Waals surface area contributed by atoms with E-state index >= 15 is 0 Å². The minimum Gasteiger partial charge on any atom is -0.489 e. The highest BCUT2D eigenvalue weighted by Gasteiger charge is 2.31. The molecule has 37 heavy (non-hydrogen) atoms. The second-order valence-electron chi connectivity index (χ2n) is 9.29. The first-order valence-corrected chi connectivity index (χ1v) is 12.4. The van der Waals surface area contributed by atoms with Crippen LogP contribution in [0.4, 0.5) is 10.5 Å². The molecule has 0 spiro atoms. The topological polar surface area (TPSA) is 98.6 Å². The number of ether oxygens (including phenoxy) is 2. The van der Waals surface area contributed by atoms with E-state index in [0.717, 1.165) is 48.6 Å². The van der Waals surface area contributed by atoms with Gasteiger partial charge in [0.25, 0.3) is 5.91 Å². The number of carbonyl (C=O) groups excluding carboxylic acids is 2. The van der Waals surface area contributed by atoms with Crippen molar-refractivity contribution in [2.45, 2.75) is 32.2 Å². The number of anilines is 1. The zero-order chi connectivity index (χ0) is 25.8. The van der Waals surface area contributed by atoms with Crippen LogP contribution in [0.2, 0.25) is 0 Å². The number of aromatic nitrogens is 3. The third-order valence-electron chi connectivity index (χ3n) is 6.47. The van der Waals surface area contributed by atoms with E-state index in [9.17, 15) is 9.59 Å². The molecule has 2 aliphatic heterocycles. The summed E-state index contributed by atoms with van der Waals surface area (Å²) >= 11 is 0. The first kappa shape index (κ1) is 24.5. The van der Waals surface area contributed by atoms with Gasteiger partial charge >= 0.3 is 6.03 Å². The Labute approximate surface area is 215 Å². The number of nitrogens with one attached hydrogen (secondary N) is 1. The Hall–Kier alpha value is -4.16. The van der Waals surface area contributed by atoms with Gasteiger partial charge in [-0.15, -0.1) is 0 Å². The summed E-state index contributed by atoms with van der Waals surface area (Å²) in [5.41, 5.74) is 4.09. The smallest absolute Gasteiger partial charge is 0.342 e. The van der Waals surface area contributed by atoms with E-state index in [2.05, 4.69) is 27.2 Å². The molecule has 0 saturated carbocycles. The molecule has 2 aliphatic rings. The number of hydrogen-bond donors (Lipinski definition) is 1. The van der Waals surface area contributed by atoms with Crippen molar-refractivity contribution >= 4 is 17.6 Å². The zero-order valence-corrected chi connectivity index (χ0v) is 20.9. The largest absolute Gasteiger partial charge is 0.489 e. The average molecular weight is 500 g/mol. The maximum atomic E-state index is 13.2. The molecule has 9 heteroatoms. The molecule has 2 aromatic heterocycles. The number of carbonyl (C=O) groups is 2. The normalized spacial score (nSPS) is 17.7. The number of benzene rings is 1. The van der Waals surface area contributed by atoms with Gasteiger partial charge in [-0.1, -0.05) is 17.9 Å². The highest BCUT2D eigenvalue weighted by molar-refractivity contribution is 6.00. The predicted molar refractivity (Wildman–Crippen MR) is 137 cm³/mol. The number of pyridine rings is 1. The van der Waals surface area contributed by atoms with Gasteiger partial charge in [0, 0.05) is 55.7 Å². The summed E-state index contributed by atoms with van der Waals surface area (Å²) in [6, 6.07) is 9.99. The first-order chi connectivity index (χ1) is 18.0. The van der Waals surface area contributed by atoms with Crippen molar-refractivity contribution in [2.24, 2.45) is 5.92 Å². The van der Waals surface area contributed by atoms with E-state index in [4.69, 9.17) is 9.47 Å². The molecule has 190 valence electrons. The minimum atomic E-state index is -0.868. The van der Waals surface area contributed by atoms with E-state index in [1.807, 2.05) is 43.3 Å². The van der Waals surface area contributed by atoms with E-state index in [1.54, 1.807) is 19.4 Å². The lowest BCUT2D eigenvalue weighted by Gasteiger charge is -2.20. The van der Waals surface area contributed by atoms with Crippen LogP contribution in [0.25, 0.3) is 0 Å². The molecule has 2 amide bonds. The lowest BCUT2D eigenvalue weighted by molar-refractivity contribution is -0.120. The summed E-state index contributed by atoms with van der Waals surface area (Å²) < 4.78 is 12.5. The molecule has 1 N–H and O–H groups in total. The molecule has 1 saturated heterocycles. The monoisotopic (exact) mass is 499 g/mol. The van der Waals surface area contributed by atoms with Crippen molar-refractivity contribution in [3.8, 4) is 17.6 Å². The van der Waals surface area contributed by atoms with Crippen LogP contribution in [0.3, 0.4) is 0 Å². The van der Waals surface area contributed by atoms with Gasteiger partial charge in [-0.05, 0) is 55.7 Å². The van der Waals surface area contributed by atoms with Gasteiger partial charge in [0.05, 0.1) is 11.9 Å². The van der Waals surface area contributed by atoms with Crippen LogP contribution in [0.1, 0.15) is 35.4 Å². The Morgan fingerprint density at radius 3 is 2.86 bits per heavy atom. The van der Waals surface area contributed by atoms with Crippen molar-refractivity contribution in [3.05, 3.63) is 71.3 Å². The molecule has 1 aromatic carbocycles. The van der Waals surface area contributed by atoms with Crippen LogP contribution in [0.5, 0.6) is 5.75 Å². The minimum absolute atomic E-state index is 0.0103. The first-order valence-electron chi connectivity index (χ1n) is 12.4. The van der Waals surface area contributed by atoms with E-state index < -0.39 is 12.1 Å². The maximum Gasteiger partial charge on any atom is 0.342 e. The fourth-order valence-corrected chi connectivity index (χ4v) is 4.39. The third kappa shape index (κ3) is 5.81. The van der Waals surface area contributed by atoms with Gasteiger partial charge in [0.1, 0.15) is 18.4 Å².